The summed E-state index contributed by atoms with van der Waals surface area (Å²) in [7, 11) is 0. The normalized spacial score (nSPS) is 0. The SMILES string of the molecule is [Sb+3].[Sb+3].[Se-2].[Se-2].[Se-2]. The van der Waals surface area contributed by atoms with Crippen LogP contribution in [0, 0.1) is 0 Å². The van der Waals surface area contributed by atoms with Crippen molar-refractivity contribution in [2.45, 2.75) is 0 Å². The van der Waals surface area contributed by atoms with E-state index in [-0.39, 0.29) is 100 Å². The summed E-state index contributed by atoms with van der Waals surface area (Å²) in [6.07, 6.45) is 0. The summed E-state index contributed by atoms with van der Waals surface area (Å²) in [5.41, 5.74) is 0. The predicted octanol–water partition coefficient (Wildman–Crippen LogP) is -1.90. The van der Waals surface area contributed by atoms with Gasteiger partial charge in [0.05, 0.1) is 0 Å². The summed E-state index contributed by atoms with van der Waals surface area (Å²) in [6, 6.07) is 0. The molecular weight excluding hydrogens is 480 g/mol. The second kappa shape index (κ2) is 27.1. The van der Waals surface area contributed by atoms with E-state index in [2.05, 4.69) is 0 Å². The van der Waals surface area contributed by atoms with E-state index in [0.717, 1.165) is 0 Å². The Kier molecular flexibility index (Phi) is 225. The van der Waals surface area contributed by atoms with Gasteiger partial charge in [-0.05, 0) is 0 Å². The van der Waals surface area contributed by atoms with E-state index < -0.39 is 0 Å². The second-order valence-corrected chi connectivity index (χ2v) is 0. The molecule has 0 aromatic rings. The first-order valence-corrected chi connectivity index (χ1v) is 0. The number of rotatable bonds is 0. The number of hydrogen-bond acceptors (Lipinski definition) is 0. The summed E-state index contributed by atoms with van der Waals surface area (Å²) < 4.78 is 0. The first-order chi connectivity index (χ1) is 0. The molecule has 0 saturated carbocycles. The predicted molar refractivity (Wildman–Crippen MR) is 28.8 cm³/mol. The van der Waals surface area contributed by atoms with Gasteiger partial charge in [0.1, 0.15) is 0 Å². The van der Waals surface area contributed by atoms with Crippen LogP contribution in [0.1, 0.15) is 0 Å². The maximum atomic E-state index is 0. The monoisotopic (exact) mass is 482 g/mol. The molecule has 0 nitrogen and oxygen atoms in total. The van der Waals surface area contributed by atoms with E-state index in [1.807, 2.05) is 0 Å². The van der Waals surface area contributed by atoms with Gasteiger partial charge in [-0.25, -0.2) is 0 Å². The van der Waals surface area contributed by atoms with Crippen molar-refractivity contribution < 1.29 is 0 Å². The van der Waals surface area contributed by atoms with Crippen molar-refractivity contribution in [1.29, 1.82) is 0 Å². The third kappa shape index (κ3) is 19.0. The van der Waals surface area contributed by atoms with Gasteiger partial charge in [-0.1, -0.05) is 0 Å². The zero-order chi connectivity index (χ0) is 0. The fraction of sp³-hybridized carbons (Fsp3) is 0. The van der Waals surface area contributed by atoms with Crippen LogP contribution in [0.4, 0.5) is 0 Å². The Hall–Kier alpha value is 3.19. The summed E-state index contributed by atoms with van der Waals surface area (Å²) >= 11 is 0. The van der Waals surface area contributed by atoms with Crippen LogP contribution in [-0.4, -0.2) is 100 Å². The molecule has 4 radical (unpaired) electrons. The van der Waals surface area contributed by atoms with Gasteiger partial charge in [-0.2, -0.15) is 0 Å². The van der Waals surface area contributed by atoms with Gasteiger partial charge < -0.3 is 51.2 Å². The minimum absolute atomic E-state index is 0. The van der Waals surface area contributed by atoms with E-state index in [4.69, 9.17) is 0 Å². The van der Waals surface area contributed by atoms with Crippen molar-refractivity contribution in [1.82, 2.24) is 0 Å². The molecule has 0 amide bonds. The standard InChI is InChI=1S/2Sb.3Se/q2*+3;3*-2. The molecule has 5 heavy (non-hydrogen) atoms. The zero-order valence-electron chi connectivity index (χ0n) is 2.12. The fourth-order valence-electron chi connectivity index (χ4n) is 0. The summed E-state index contributed by atoms with van der Waals surface area (Å²) in [6.45, 7) is 0. The molecule has 28 valence electrons. The molecule has 0 rings (SSSR count). The summed E-state index contributed by atoms with van der Waals surface area (Å²) in [5.74, 6) is 0. The largest absolute Gasteiger partial charge is 3.00 e. The van der Waals surface area contributed by atoms with Crippen LogP contribution in [0.15, 0.2) is 0 Å². The van der Waals surface area contributed by atoms with Gasteiger partial charge in [0.25, 0.3) is 0 Å². The van der Waals surface area contributed by atoms with E-state index in [9.17, 15) is 0 Å². The topological polar surface area (TPSA) is 0 Å². The molecule has 0 aromatic heterocycles. The van der Waals surface area contributed by atoms with Crippen LogP contribution in [0.25, 0.3) is 0 Å². The van der Waals surface area contributed by atoms with Crippen molar-refractivity contribution in [3.63, 3.8) is 0 Å². The third-order valence-corrected chi connectivity index (χ3v) is 0. The van der Waals surface area contributed by atoms with Crippen LogP contribution in [0.3, 0.4) is 0 Å². The smallest absolute Gasteiger partial charge is 2.00 e. The van der Waals surface area contributed by atoms with E-state index in [0.29, 0.717) is 0 Å². The summed E-state index contributed by atoms with van der Waals surface area (Å²) in [5, 5.41) is 0. The van der Waals surface area contributed by atoms with E-state index >= 15 is 0 Å². The Balaban J connectivity index is 0. The molecule has 0 fully saturated rings. The Morgan fingerprint density at radius 3 is 0.400 bits per heavy atom. The minimum Gasteiger partial charge on any atom is -2.00 e. The van der Waals surface area contributed by atoms with Crippen molar-refractivity contribution in [3.05, 3.63) is 0 Å². The quantitative estimate of drug-likeness (QED) is 0.356. The average Bonchev–Trinajstić information content (AvgIpc) is 0. The van der Waals surface area contributed by atoms with Crippen LogP contribution in [0.2, 0.25) is 0 Å². The second-order valence-electron chi connectivity index (χ2n) is 0. The van der Waals surface area contributed by atoms with E-state index in [1.165, 1.54) is 0 Å². The summed E-state index contributed by atoms with van der Waals surface area (Å²) in [4.78, 5) is 0. The fourth-order valence-corrected chi connectivity index (χ4v) is 0. The zero-order valence-corrected chi connectivity index (χ0v) is 12.4. The molecule has 0 aliphatic rings. The maximum absolute atomic E-state index is 0. The maximum Gasteiger partial charge on any atom is 3.00 e. The molecule has 0 unspecified atom stereocenters. The Bertz CT molecular complexity index is 4.85. The number of hydrogen-bond donors (Lipinski definition) is 0. The molecule has 0 aromatic carbocycles. The molecule has 0 aliphatic heterocycles. The van der Waals surface area contributed by atoms with Crippen molar-refractivity contribution in [2.75, 3.05) is 0 Å². The Labute approximate surface area is 98.3 Å². The van der Waals surface area contributed by atoms with Gasteiger partial charge >= 0.3 is 48.9 Å². The molecule has 0 heterocycles. The van der Waals surface area contributed by atoms with Crippen LogP contribution < -0.4 is 0 Å². The van der Waals surface area contributed by atoms with Gasteiger partial charge in [-0.15, -0.1) is 0 Å². The molecule has 0 aliphatic carbocycles. The Morgan fingerprint density at radius 1 is 0.400 bits per heavy atom. The minimum atomic E-state index is 0. The third-order valence-electron chi connectivity index (χ3n) is 0. The molecule has 0 N–H and O–H groups in total. The van der Waals surface area contributed by atoms with Gasteiger partial charge in [0, 0.05) is 0 Å². The molecule has 0 saturated heterocycles. The Morgan fingerprint density at radius 2 is 0.400 bits per heavy atom. The van der Waals surface area contributed by atoms with Crippen molar-refractivity contribution in [3.8, 4) is 0 Å². The van der Waals surface area contributed by atoms with E-state index in [1.54, 1.807) is 0 Å². The average molecular weight is 480 g/mol. The van der Waals surface area contributed by atoms with Crippen LogP contribution >= 0.6 is 0 Å². The first-order valence-electron chi connectivity index (χ1n) is 0. The molecule has 0 bridgehead atoms. The molecular formula is Sb2Se3. The van der Waals surface area contributed by atoms with Gasteiger partial charge in [0.15, 0.2) is 0 Å². The van der Waals surface area contributed by atoms with Crippen LogP contribution in [-0.2, 0) is 0 Å². The first kappa shape index (κ1) is 41.6. The van der Waals surface area contributed by atoms with Crippen molar-refractivity contribution >= 4 is 100 Å². The van der Waals surface area contributed by atoms with Gasteiger partial charge in [-0.3, -0.25) is 0 Å². The molecule has 0 atom stereocenters. The molecule has 0 spiro atoms. The van der Waals surface area contributed by atoms with Crippen molar-refractivity contribution in [2.24, 2.45) is 0 Å². The van der Waals surface area contributed by atoms with Crippen LogP contribution in [0.5, 0.6) is 0 Å². The van der Waals surface area contributed by atoms with Gasteiger partial charge in [0.2, 0.25) is 0 Å². The molecule has 5 heteroatoms.